The molecular formula is C20H22N4O5. The second-order valence-electron chi connectivity index (χ2n) is 6.95. The van der Waals surface area contributed by atoms with Gasteiger partial charge < -0.3 is 10.6 Å². The lowest BCUT2D eigenvalue weighted by Crippen LogP contribution is -2.22. The van der Waals surface area contributed by atoms with Gasteiger partial charge in [-0.25, -0.2) is 0 Å². The number of carbonyl (C=O) groups is 1. The van der Waals surface area contributed by atoms with E-state index in [0.717, 1.165) is 49.9 Å². The number of nitro groups is 2. The van der Waals surface area contributed by atoms with Gasteiger partial charge in [-0.05, 0) is 48.9 Å². The van der Waals surface area contributed by atoms with Gasteiger partial charge in [0.1, 0.15) is 0 Å². The standard InChI is InChI=1S/C10H10N2O3.C10H12N2O2/c13-10-9-6-8(12(14)15)4-3-7(9)2-1-5-11-10;13-12(14)10-4-3-8-2-1-5-11-7-9(8)6-10/h3-4,6H,1-2,5H2,(H,11,13);3-4,6,11H,1-2,5,7H2. The highest BCUT2D eigenvalue weighted by atomic mass is 16.6. The van der Waals surface area contributed by atoms with Gasteiger partial charge in [0.15, 0.2) is 0 Å². The van der Waals surface area contributed by atoms with E-state index < -0.39 is 4.92 Å². The molecule has 9 heteroatoms. The van der Waals surface area contributed by atoms with E-state index in [9.17, 15) is 25.0 Å². The first-order valence-corrected chi connectivity index (χ1v) is 9.48. The van der Waals surface area contributed by atoms with Crippen LogP contribution in [0.4, 0.5) is 11.4 Å². The fraction of sp³-hybridized carbons (Fsp3) is 0.350. The van der Waals surface area contributed by atoms with Crippen LogP contribution >= 0.6 is 0 Å². The van der Waals surface area contributed by atoms with E-state index in [2.05, 4.69) is 10.6 Å². The van der Waals surface area contributed by atoms with Gasteiger partial charge in [-0.1, -0.05) is 12.1 Å². The molecule has 29 heavy (non-hydrogen) atoms. The van der Waals surface area contributed by atoms with E-state index in [-0.39, 0.29) is 22.2 Å². The van der Waals surface area contributed by atoms with Crippen molar-refractivity contribution in [3.8, 4) is 0 Å². The second-order valence-corrected chi connectivity index (χ2v) is 6.95. The molecule has 0 atom stereocenters. The monoisotopic (exact) mass is 398 g/mol. The van der Waals surface area contributed by atoms with Crippen molar-refractivity contribution in [2.45, 2.75) is 32.2 Å². The van der Waals surface area contributed by atoms with E-state index in [1.807, 2.05) is 6.07 Å². The van der Waals surface area contributed by atoms with Gasteiger partial charge in [0.2, 0.25) is 0 Å². The normalized spacial score (nSPS) is 15.4. The average molecular weight is 398 g/mol. The van der Waals surface area contributed by atoms with Gasteiger partial charge in [-0.15, -0.1) is 0 Å². The molecule has 2 N–H and O–H groups in total. The van der Waals surface area contributed by atoms with E-state index in [1.165, 1.54) is 17.7 Å². The van der Waals surface area contributed by atoms with Gasteiger partial charge in [0.25, 0.3) is 17.3 Å². The van der Waals surface area contributed by atoms with Gasteiger partial charge in [-0.2, -0.15) is 0 Å². The summed E-state index contributed by atoms with van der Waals surface area (Å²) in [5, 5.41) is 27.1. The first-order chi connectivity index (χ1) is 14.0. The molecular weight excluding hydrogens is 376 g/mol. The van der Waals surface area contributed by atoms with Crippen LogP contribution in [0.5, 0.6) is 0 Å². The minimum absolute atomic E-state index is 0.0363. The highest BCUT2D eigenvalue weighted by Gasteiger charge is 2.18. The number of rotatable bonds is 2. The van der Waals surface area contributed by atoms with Crippen LogP contribution in [0.3, 0.4) is 0 Å². The number of hydrogen-bond donors (Lipinski definition) is 2. The lowest BCUT2D eigenvalue weighted by atomic mass is 10.0. The number of amides is 1. The highest BCUT2D eigenvalue weighted by molar-refractivity contribution is 5.96. The summed E-state index contributed by atoms with van der Waals surface area (Å²) in [6, 6.07) is 9.59. The van der Waals surface area contributed by atoms with Crippen LogP contribution in [-0.4, -0.2) is 28.8 Å². The number of nitrogens with zero attached hydrogens (tertiary/aromatic N) is 2. The summed E-state index contributed by atoms with van der Waals surface area (Å²) in [6.07, 6.45) is 3.77. The molecule has 0 saturated heterocycles. The Bertz CT molecular complexity index is 944. The Morgan fingerprint density at radius 1 is 0.793 bits per heavy atom. The Morgan fingerprint density at radius 2 is 1.41 bits per heavy atom. The maximum Gasteiger partial charge on any atom is 0.270 e. The molecule has 2 aromatic rings. The number of hydrogen-bond acceptors (Lipinski definition) is 6. The number of nitro benzene ring substituents is 2. The lowest BCUT2D eigenvalue weighted by molar-refractivity contribution is -0.385. The quantitative estimate of drug-likeness (QED) is 0.591. The second kappa shape index (κ2) is 9.24. The number of non-ortho nitro benzene ring substituents is 2. The van der Waals surface area contributed by atoms with Crippen molar-refractivity contribution in [2.24, 2.45) is 0 Å². The summed E-state index contributed by atoms with van der Waals surface area (Å²) in [7, 11) is 0. The summed E-state index contributed by atoms with van der Waals surface area (Å²) >= 11 is 0. The van der Waals surface area contributed by atoms with Crippen LogP contribution < -0.4 is 10.6 Å². The van der Waals surface area contributed by atoms with Crippen molar-refractivity contribution in [1.29, 1.82) is 0 Å². The zero-order valence-corrected chi connectivity index (χ0v) is 15.8. The van der Waals surface area contributed by atoms with E-state index in [1.54, 1.807) is 18.2 Å². The zero-order valence-electron chi connectivity index (χ0n) is 15.8. The Kier molecular flexibility index (Phi) is 6.50. The maximum absolute atomic E-state index is 11.5. The maximum atomic E-state index is 11.5. The van der Waals surface area contributed by atoms with Crippen LogP contribution in [-0.2, 0) is 19.4 Å². The van der Waals surface area contributed by atoms with Crippen LogP contribution in [0, 0.1) is 20.2 Å². The molecule has 0 saturated carbocycles. The summed E-state index contributed by atoms with van der Waals surface area (Å²) in [6.45, 7) is 2.36. The van der Waals surface area contributed by atoms with Crippen LogP contribution in [0.25, 0.3) is 0 Å². The molecule has 2 aromatic carbocycles. The molecule has 0 fully saturated rings. The smallest absolute Gasteiger partial charge is 0.270 e. The Balaban J connectivity index is 0.000000166. The van der Waals surface area contributed by atoms with Gasteiger partial charge in [0, 0.05) is 42.9 Å². The molecule has 4 rings (SSSR count). The van der Waals surface area contributed by atoms with Crippen molar-refractivity contribution in [2.75, 3.05) is 13.1 Å². The molecule has 0 aliphatic carbocycles. The Hall–Kier alpha value is -3.33. The van der Waals surface area contributed by atoms with Crippen LogP contribution in [0.1, 0.15) is 39.9 Å². The Labute approximate surface area is 167 Å². The van der Waals surface area contributed by atoms with Gasteiger partial charge >= 0.3 is 0 Å². The average Bonchev–Trinajstić information content (AvgIpc) is 3.06. The molecule has 152 valence electrons. The predicted octanol–water partition coefficient (Wildman–Crippen LogP) is 2.90. The molecule has 2 aliphatic heterocycles. The fourth-order valence-corrected chi connectivity index (χ4v) is 3.44. The van der Waals surface area contributed by atoms with Crippen LogP contribution in [0.2, 0.25) is 0 Å². The summed E-state index contributed by atoms with van der Waals surface area (Å²) in [4.78, 5) is 31.8. The van der Waals surface area contributed by atoms with Crippen molar-refractivity contribution >= 4 is 17.3 Å². The summed E-state index contributed by atoms with van der Waals surface area (Å²) in [5.41, 5.74) is 3.77. The number of aryl methyl sites for hydroxylation is 2. The van der Waals surface area contributed by atoms with Crippen molar-refractivity contribution in [1.82, 2.24) is 10.6 Å². The zero-order chi connectivity index (χ0) is 20.8. The fourth-order valence-electron chi connectivity index (χ4n) is 3.44. The summed E-state index contributed by atoms with van der Waals surface area (Å²) in [5.74, 6) is -0.216. The predicted molar refractivity (Wildman–Crippen MR) is 107 cm³/mol. The molecule has 0 spiro atoms. The molecule has 0 unspecified atom stereocenters. The van der Waals surface area contributed by atoms with Gasteiger partial charge in [-0.3, -0.25) is 25.0 Å². The third-order valence-corrected chi connectivity index (χ3v) is 4.97. The molecule has 2 heterocycles. The number of carbonyl (C=O) groups excluding carboxylic acids is 1. The number of fused-ring (bicyclic) bond motifs is 2. The molecule has 0 aromatic heterocycles. The largest absolute Gasteiger partial charge is 0.352 e. The highest BCUT2D eigenvalue weighted by Crippen LogP contribution is 2.21. The third kappa shape index (κ3) is 5.14. The number of benzene rings is 2. The van der Waals surface area contributed by atoms with E-state index in [4.69, 9.17) is 0 Å². The van der Waals surface area contributed by atoms with Crippen molar-refractivity contribution in [3.63, 3.8) is 0 Å². The summed E-state index contributed by atoms with van der Waals surface area (Å²) < 4.78 is 0. The van der Waals surface area contributed by atoms with Crippen molar-refractivity contribution in [3.05, 3.63) is 78.9 Å². The molecule has 0 radical (unpaired) electrons. The Morgan fingerprint density at radius 3 is 2.14 bits per heavy atom. The molecule has 9 nitrogen and oxygen atoms in total. The molecule has 0 bridgehead atoms. The van der Waals surface area contributed by atoms with E-state index >= 15 is 0 Å². The molecule has 1 amide bonds. The van der Waals surface area contributed by atoms with E-state index in [0.29, 0.717) is 12.1 Å². The lowest BCUT2D eigenvalue weighted by Gasteiger charge is -2.03. The van der Waals surface area contributed by atoms with Crippen LogP contribution in [0.15, 0.2) is 36.4 Å². The minimum Gasteiger partial charge on any atom is -0.352 e. The first-order valence-electron chi connectivity index (χ1n) is 9.48. The minimum atomic E-state index is -0.488. The molecule has 2 aliphatic rings. The first kappa shape index (κ1) is 20.4. The van der Waals surface area contributed by atoms with Gasteiger partial charge in [0.05, 0.1) is 9.85 Å². The third-order valence-electron chi connectivity index (χ3n) is 4.97. The SMILES string of the molecule is O=C1NCCCc2ccc([N+](=O)[O-])cc21.O=[N+]([O-])c1ccc2c(c1)CNCCC2. The topological polar surface area (TPSA) is 127 Å². The number of nitrogens with one attached hydrogen (secondary N) is 2. The van der Waals surface area contributed by atoms with Crippen molar-refractivity contribution < 1.29 is 14.6 Å².